The molecule has 3 heterocycles. The third-order valence-electron chi connectivity index (χ3n) is 4.47. The first kappa shape index (κ1) is 14.4. The van der Waals surface area contributed by atoms with Gasteiger partial charge in [0.15, 0.2) is 0 Å². The maximum atomic E-state index is 12.0. The largest absolute Gasteiger partial charge is 0.346 e. The van der Waals surface area contributed by atoms with E-state index in [4.69, 9.17) is 4.52 Å². The Labute approximate surface area is 133 Å². The van der Waals surface area contributed by atoms with E-state index < -0.39 is 0 Å². The van der Waals surface area contributed by atoms with Gasteiger partial charge in [0.05, 0.1) is 12.6 Å². The maximum absolute atomic E-state index is 12.0. The zero-order valence-electron chi connectivity index (χ0n) is 13.1. The van der Waals surface area contributed by atoms with Gasteiger partial charge < -0.3 is 14.4 Å². The monoisotopic (exact) mass is 316 g/mol. The first-order valence-electron chi connectivity index (χ1n) is 8.05. The first-order chi connectivity index (χ1) is 11.2. The minimum atomic E-state index is -0.240. The van der Waals surface area contributed by atoms with Crippen LogP contribution in [0.25, 0.3) is 0 Å². The van der Waals surface area contributed by atoms with Crippen LogP contribution in [0.3, 0.4) is 0 Å². The molecule has 1 N–H and O–H groups in total. The fourth-order valence-electron chi connectivity index (χ4n) is 2.97. The molecular weight excluding hydrogens is 296 g/mol. The number of carbonyl (C=O) groups excluding carboxylic acids is 1. The average molecular weight is 316 g/mol. The molecule has 2 aromatic heterocycles. The molecule has 0 unspecified atom stereocenters. The summed E-state index contributed by atoms with van der Waals surface area (Å²) in [4.78, 5) is 22.9. The van der Waals surface area contributed by atoms with Gasteiger partial charge >= 0.3 is 0 Å². The minimum absolute atomic E-state index is 0.0571. The fraction of sp³-hybridized carbons (Fsp3) is 0.600. The van der Waals surface area contributed by atoms with Crippen LogP contribution >= 0.6 is 0 Å². The van der Waals surface area contributed by atoms with Crippen LogP contribution in [0.2, 0.25) is 0 Å². The lowest BCUT2D eigenvalue weighted by Gasteiger charge is -2.20. The van der Waals surface area contributed by atoms with Crippen LogP contribution < -0.4 is 5.32 Å². The molecule has 1 saturated heterocycles. The van der Waals surface area contributed by atoms with E-state index in [-0.39, 0.29) is 23.8 Å². The zero-order valence-corrected chi connectivity index (χ0v) is 13.1. The number of hydrogen-bond acceptors (Lipinski definition) is 6. The molecule has 122 valence electrons. The highest BCUT2D eigenvalue weighted by molar-refractivity contribution is 5.90. The summed E-state index contributed by atoms with van der Waals surface area (Å²) < 4.78 is 7.37. The standard InChI is InChI=1S/C15H20N6O2/c1-20-8-6-16-12(20)9-21-7-2-3-11(21)15-18-13(19-23-15)14(22)17-10-4-5-10/h6,8,10-11H,2-5,7,9H2,1H3,(H,17,22)/t11-/m1/s1. The van der Waals surface area contributed by atoms with Crippen LogP contribution in [0.5, 0.6) is 0 Å². The summed E-state index contributed by atoms with van der Waals surface area (Å²) in [5.74, 6) is 1.42. The molecule has 1 aliphatic heterocycles. The molecule has 2 fully saturated rings. The zero-order chi connectivity index (χ0) is 15.8. The summed E-state index contributed by atoms with van der Waals surface area (Å²) in [5, 5.41) is 6.72. The Morgan fingerprint density at radius 3 is 3.04 bits per heavy atom. The lowest BCUT2D eigenvalue weighted by molar-refractivity contribution is 0.0937. The molecule has 2 aromatic rings. The van der Waals surface area contributed by atoms with Gasteiger partial charge in [0.25, 0.3) is 11.7 Å². The van der Waals surface area contributed by atoms with E-state index in [2.05, 4.69) is 25.3 Å². The van der Waals surface area contributed by atoms with E-state index in [0.29, 0.717) is 5.89 Å². The van der Waals surface area contributed by atoms with Gasteiger partial charge in [-0.3, -0.25) is 9.69 Å². The number of imidazole rings is 1. The molecule has 0 aromatic carbocycles. The van der Waals surface area contributed by atoms with Gasteiger partial charge in [0.2, 0.25) is 5.89 Å². The second-order valence-electron chi connectivity index (χ2n) is 6.29. The molecule has 0 bridgehead atoms. The molecule has 1 amide bonds. The summed E-state index contributed by atoms with van der Waals surface area (Å²) in [6.07, 6.45) is 7.84. The van der Waals surface area contributed by atoms with Crippen molar-refractivity contribution in [1.82, 2.24) is 29.9 Å². The van der Waals surface area contributed by atoms with Crippen molar-refractivity contribution < 1.29 is 9.32 Å². The van der Waals surface area contributed by atoms with E-state index in [1.54, 1.807) is 6.20 Å². The van der Waals surface area contributed by atoms with Gasteiger partial charge in [-0.15, -0.1) is 0 Å². The summed E-state index contributed by atoms with van der Waals surface area (Å²) in [6.45, 7) is 1.70. The molecule has 1 saturated carbocycles. The number of amides is 1. The average Bonchev–Trinajstić information content (AvgIpc) is 2.96. The molecule has 8 nitrogen and oxygen atoms in total. The summed E-state index contributed by atoms with van der Waals surface area (Å²) in [7, 11) is 1.99. The number of carbonyl (C=O) groups is 1. The molecule has 23 heavy (non-hydrogen) atoms. The van der Waals surface area contributed by atoms with Crippen LogP contribution in [-0.4, -0.2) is 43.1 Å². The van der Waals surface area contributed by atoms with Crippen molar-refractivity contribution in [3.8, 4) is 0 Å². The third kappa shape index (κ3) is 2.98. The van der Waals surface area contributed by atoms with E-state index in [1.165, 1.54) is 0 Å². The van der Waals surface area contributed by atoms with Crippen molar-refractivity contribution in [1.29, 1.82) is 0 Å². The fourth-order valence-corrected chi connectivity index (χ4v) is 2.97. The van der Waals surface area contributed by atoms with Gasteiger partial charge in [0.1, 0.15) is 5.82 Å². The Bertz CT molecular complexity index is 704. The van der Waals surface area contributed by atoms with Crippen molar-refractivity contribution in [2.24, 2.45) is 7.05 Å². The van der Waals surface area contributed by atoms with E-state index in [1.807, 2.05) is 17.8 Å². The predicted octanol–water partition coefficient (Wildman–Crippen LogP) is 1.03. The van der Waals surface area contributed by atoms with Crippen molar-refractivity contribution in [2.45, 2.75) is 44.3 Å². The minimum Gasteiger partial charge on any atom is -0.346 e. The smallest absolute Gasteiger partial charge is 0.292 e. The van der Waals surface area contributed by atoms with E-state index >= 15 is 0 Å². The SMILES string of the molecule is Cn1ccnc1CN1CCC[C@@H]1c1nc(C(=O)NC2CC2)no1. The van der Waals surface area contributed by atoms with E-state index in [0.717, 1.165) is 44.6 Å². The van der Waals surface area contributed by atoms with Crippen LogP contribution in [0.1, 0.15) is 54.1 Å². The van der Waals surface area contributed by atoms with Gasteiger partial charge in [-0.25, -0.2) is 4.98 Å². The Morgan fingerprint density at radius 1 is 1.43 bits per heavy atom. The Morgan fingerprint density at radius 2 is 2.30 bits per heavy atom. The molecule has 2 aliphatic rings. The van der Waals surface area contributed by atoms with Crippen molar-refractivity contribution in [2.75, 3.05) is 6.54 Å². The molecule has 8 heteroatoms. The van der Waals surface area contributed by atoms with Gasteiger partial charge in [-0.05, 0) is 32.2 Å². The number of hydrogen-bond donors (Lipinski definition) is 1. The number of aromatic nitrogens is 4. The number of aryl methyl sites for hydroxylation is 1. The summed E-state index contributed by atoms with van der Waals surface area (Å²) in [5.41, 5.74) is 0. The molecule has 0 spiro atoms. The highest BCUT2D eigenvalue weighted by Gasteiger charge is 2.33. The Balaban J connectivity index is 1.46. The first-order valence-corrected chi connectivity index (χ1v) is 8.05. The summed E-state index contributed by atoms with van der Waals surface area (Å²) >= 11 is 0. The van der Waals surface area contributed by atoms with Gasteiger partial charge in [-0.1, -0.05) is 5.16 Å². The topological polar surface area (TPSA) is 89.1 Å². The third-order valence-corrected chi connectivity index (χ3v) is 4.47. The van der Waals surface area contributed by atoms with Crippen LogP contribution in [-0.2, 0) is 13.6 Å². The van der Waals surface area contributed by atoms with Gasteiger partial charge in [0, 0.05) is 25.5 Å². The number of nitrogens with zero attached hydrogens (tertiary/aromatic N) is 5. The van der Waals surface area contributed by atoms with Crippen LogP contribution in [0.4, 0.5) is 0 Å². The predicted molar refractivity (Wildman–Crippen MR) is 80.4 cm³/mol. The number of likely N-dealkylation sites (tertiary alicyclic amines) is 1. The second kappa shape index (κ2) is 5.77. The number of rotatable bonds is 5. The molecule has 0 radical (unpaired) electrons. The quantitative estimate of drug-likeness (QED) is 0.886. The summed E-state index contributed by atoms with van der Waals surface area (Å²) in [6, 6.07) is 0.345. The Hall–Kier alpha value is -2.22. The normalized spacial score (nSPS) is 21.7. The second-order valence-corrected chi connectivity index (χ2v) is 6.29. The van der Waals surface area contributed by atoms with Crippen molar-refractivity contribution >= 4 is 5.91 Å². The van der Waals surface area contributed by atoms with Crippen molar-refractivity contribution in [3.63, 3.8) is 0 Å². The number of nitrogens with one attached hydrogen (secondary N) is 1. The molecule has 4 rings (SSSR count). The highest BCUT2D eigenvalue weighted by Crippen LogP contribution is 2.32. The highest BCUT2D eigenvalue weighted by atomic mass is 16.5. The molecule has 1 atom stereocenters. The van der Waals surface area contributed by atoms with Crippen LogP contribution in [0, 0.1) is 0 Å². The lowest BCUT2D eigenvalue weighted by Crippen LogP contribution is -2.27. The lowest BCUT2D eigenvalue weighted by atomic mass is 10.2. The van der Waals surface area contributed by atoms with E-state index in [9.17, 15) is 4.79 Å². The van der Waals surface area contributed by atoms with Gasteiger partial charge in [-0.2, -0.15) is 4.98 Å². The van der Waals surface area contributed by atoms with Crippen LogP contribution in [0.15, 0.2) is 16.9 Å². The molecule has 1 aliphatic carbocycles. The molecular formula is C15H20N6O2. The maximum Gasteiger partial charge on any atom is 0.292 e. The van der Waals surface area contributed by atoms with Crippen molar-refractivity contribution in [3.05, 3.63) is 29.9 Å². The Kier molecular flexibility index (Phi) is 3.60.